The van der Waals surface area contributed by atoms with Crippen LogP contribution in [-0.2, 0) is 19.1 Å². The van der Waals surface area contributed by atoms with Crippen molar-refractivity contribution in [2.24, 2.45) is 0 Å². The van der Waals surface area contributed by atoms with Crippen LogP contribution in [-0.4, -0.2) is 46.4 Å². The summed E-state index contributed by atoms with van der Waals surface area (Å²) in [6.45, 7) is 0. The number of hydrogen-bond donors (Lipinski definition) is 3. The van der Waals surface area contributed by atoms with Crippen molar-refractivity contribution in [2.45, 2.75) is 12.5 Å². The maximum atomic E-state index is 11.5. The molecule has 0 heterocycles. The summed E-state index contributed by atoms with van der Waals surface area (Å²) >= 11 is 0. The van der Waals surface area contributed by atoms with Crippen molar-refractivity contribution in [3.05, 3.63) is 29.8 Å². The van der Waals surface area contributed by atoms with Crippen molar-refractivity contribution in [1.82, 2.24) is 0 Å². The molecule has 8 heteroatoms. The van der Waals surface area contributed by atoms with Crippen LogP contribution in [0, 0.1) is 0 Å². The van der Waals surface area contributed by atoms with E-state index in [-0.39, 0.29) is 11.5 Å². The maximum Gasteiger partial charge on any atom is 0.345 e. The van der Waals surface area contributed by atoms with Gasteiger partial charge in [0.1, 0.15) is 0 Å². The molecule has 0 saturated carbocycles. The summed E-state index contributed by atoms with van der Waals surface area (Å²) in [5.74, 6) is -3.82. The minimum atomic E-state index is -1.76. The minimum Gasteiger partial charge on any atom is -0.504 e. The molecule has 1 atom stereocenters. The number of phenols is 1. The van der Waals surface area contributed by atoms with Crippen molar-refractivity contribution in [2.75, 3.05) is 7.11 Å². The number of hydrogen-bond acceptors (Lipinski definition) is 6. The summed E-state index contributed by atoms with van der Waals surface area (Å²) in [5.41, 5.74) is 0.497. The number of carboxylic acids is 2. The second kappa shape index (κ2) is 7.67. The molecule has 0 saturated heterocycles. The van der Waals surface area contributed by atoms with Gasteiger partial charge in [-0.15, -0.1) is 0 Å². The third-order valence-corrected chi connectivity index (χ3v) is 2.51. The zero-order valence-electron chi connectivity index (χ0n) is 11.6. The number of carboxylic acid groups (broad SMARTS) is 2. The van der Waals surface area contributed by atoms with Crippen LogP contribution in [0.25, 0.3) is 6.08 Å². The van der Waals surface area contributed by atoms with Crippen LogP contribution in [0.3, 0.4) is 0 Å². The van der Waals surface area contributed by atoms with Gasteiger partial charge < -0.3 is 24.8 Å². The van der Waals surface area contributed by atoms with Crippen LogP contribution in [0.15, 0.2) is 24.3 Å². The Balaban J connectivity index is 2.74. The second-order valence-electron chi connectivity index (χ2n) is 4.13. The lowest BCUT2D eigenvalue weighted by molar-refractivity contribution is -0.164. The number of esters is 1. The third kappa shape index (κ3) is 5.16. The zero-order chi connectivity index (χ0) is 16.7. The van der Waals surface area contributed by atoms with Gasteiger partial charge in [0.25, 0.3) is 0 Å². The first-order chi connectivity index (χ1) is 10.3. The van der Waals surface area contributed by atoms with E-state index in [0.717, 1.165) is 6.08 Å². The number of rotatable bonds is 7. The van der Waals surface area contributed by atoms with E-state index in [1.54, 1.807) is 0 Å². The molecule has 1 rings (SSSR count). The standard InChI is InChI=1S/C14H14O8/c1-21-10-6-8(2-4-9(10)15)3-5-13(18)22-11(14(19)20)7-12(16)17/h2-6,11,15H,7H2,1H3,(H,16,17)(H,19,20)/b5-3+/t11-/m0/s1. The SMILES string of the molecule is COc1cc(/C=C/C(=O)O[C@@H](CC(=O)O)C(=O)O)ccc1O. The summed E-state index contributed by atoms with van der Waals surface area (Å²) in [4.78, 5) is 32.7. The largest absolute Gasteiger partial charge is 0.504 e. The molecular formula is C14H14O8. The minimum absolute atomic E-state index is 0.0744. The Morgan fingerprint density at radius 1 is 1.27 bits per heavy atom. The van der Waals surface area contributed by atoms with Gasteiger partial charge in [-0.05, 0) is 23.8 Å². The van der Waals surface area contributed by atoms with E-state index >= 15 is 0 Å². The Kier molecular flexibility index (Phi) is 5.94. The predicted molar refractivity (Wildman–Crippen MR) is 73.5 cm³/mol. The third-order valence-electron chi connectivity index (χ3n) is 2.51. The Morgan fingerprint density at radius 3 is 2.50 bits per heavy atom. The molecule has 0 aliphatic rings. The first kappa shape index (κ1) is 17.0. The van der Waals surface area contributed by atoms with Crippen LogP contribution in [0.5, 0.6) is 11.5 Å². The number of aromatic hydroxyl groups is 1. The fraction of sp³-hybridized carbons (Fsp3) is 0.214. The molecule has 3 N–H and O–H groups in total. The average molecular weight is 310 g/mol. The smallest absolute Gasteiger partial charge is 0.345 e. The summed E-state index contributed by atoms with van der Waals surface area (Å²) in [6, 6.07) is 4.30. The molecule has 0 aliphatic heterocycles. The highest BCUT2D eigenvalue weighted by molar-refractivity contribution is 5.90. The molecule has 22 heavy (non-hydrogen) atoms. The number of benzene rings is 1. The van der Waals surface area contributed by atoms with E-state index in [0.29, 0.717) is 5.56 Å². The van der Waals surface area contributed by atoms with Gasteiger partial charge in [-0.1, -0.05) is 6.07 Å². The van der Waals surface area contributed by atoms with E-state index in [1.165, 1.54) is 31.4 Å². The molecule has 1 aromatic rings. The van der Waals surface area contributed by atoms with Crippen LogP contribution < -0.4 is 4.74 Å². The maximum absolute atomic E-state index is 11.5. The molecule has 0 amide bonds. The molecular weight excluding hydrogens is 296 g/mol. The summed E-state index contributed by atoms with van der Waals surface area (Å²) in [5, 5.41) is 26.7. The average Bonchev–Trinajstić information content (AvgIpc) is 2.45. The van der Waals surface area contributed by atoms with Gasteiger partial charge in [0.15, 0.2) is 11.5 Å². The van der Waals surface area contributed by atoms with Crippen molar-refractivity contribution in [3.8, 4) is 11.5 Å². The lowest BCUT2D eigenvalue weighted by atomic mass is 10.2. The van der Waals surface area contributed by atoms with Crippen molar-refractivity contribution >= 4 is 24.0 Å². The molecule has 0 aromatic heterocycles. The van der Waals surface area contributed by atoms with E-state index in [2.05, 4.69) is 4.74 Å². The lowest BCUT2D eigenvalue weighted by Crippen LogP contribution is -2.28. The number of carbonyl (C=O) groups is 3. The molecule has 0 fully saturated rings. The normalized spacial score (nSPS) is 11.9. The Hall–Kier alpha value is -3.03. The van der Waals surface area contributed by atoms with E-state index in [4.69, 9.17) is 14.9 Å². The van der Waals surface area contributed by atoms with Gasteiger partial charge in [0.05, 0.1) is 13.5 Å². The van der Waals surface area contributed by atoms with E-state index in [1.807, 2.05) is 0 Å². The first-order valence-electron chi connectivity index (χ1n) is 6.03. The molecule has 118 valence electrons. The van der Waals surface area contributed by atoms with Crippen molar-refractivity contribution in [3.63, 3.8) is 0 Å². The number of carbonyl (C=O) groups excluding carboxylic acids is 1. The van der Waals surface area contributed by atoms with Crippen LogP contribution >= 0.6 is 0 Å². The van der Waals surface area contributed by atoms with E-state index < -0.39 is 30.4 Å². The summed E-state index contributed by atoms with van der Waals surface area (Å²) in [7, 11) is 1.36. The Labute approximate surface area is 125 Å². The molecule has 0 unspecified atom stereocenters. The molecule has 0 bridgehead atoms. The number of aliphatic carboxylic acids is 2. The molecule has 1 aromatic carbocycles. The zero-order valence-corrected chi connectivity index (χ0v) is 11.6. The number of ether oxygens (including phenoxy) is 2. The lowest BCUT2D eigenvalue weighted by Gasteiger charge is -2.09. The Bertz CT molecular complexity index is 605. The summed E-state index contributed by atoms with van der Waals surface area (Å²) < 4.78 is 9.43. The predicted octanol–water partition coefficient (Wildman–Crippen LogP) is 0.885. The van der Waals surface area contributed by atoms with Crippen molar-refractivity contribution < 1.29 is 39.2 Å². The van der Waals surface area contributed by atoms with Gasteiger partial charge in [0.2, 0.25) is 6.10 Å². The highest BCUT2D eigenvalue weighted by Crippen LogP contribution is 2.26. The molecule has 0 radical (unpaired) electrons. The summed E-state index contributed by atoms with van der Waals surface area (Å²) in [6.07, 6.45) is -0.334. The van der Waals surface area contributed by atoms with Crippen LogP contribution in [0.4, 0.5) is 0 Å². The molecule has 0 spiro atoms. The quantitative estimate of drug-likeness (QED) is 0.500. The van der Waals surface area contributed by atoms with Gasteiger partial charge in [-0.2, -0.15) is 0 Å². The van der Waals surface area contributed by atoms with Crippen LogP contribution in [0.1, 0.15) is 12.0 Å². The number of methoxy groups -OCH3 is 1. The van der Waals surface area contributed by atoms with E-state index in [9.17, 15) is 19.5 Å². The second-order valence-corrected chi connectivity index (χ2v) is 4.13. The van der Waals surface area contributed by atoms with Gasteiger partial charge in [0, 0.05) is 6.08 Å². The highest BCUT2D eigenvalue weighted by Gasteiger charge is 2.24. The van der Waals surface area contributed by atoms with Crippen LogP contribution in [0.2, 0.25) is 0 Å². The topological polar surface area (TPSA) is 130 Å². The fourth-order valence-corrected chi connectivity index (χ4v) is 1.48. The first-order valence-corrected chi connectivity index (χ1v) is 6.03. The van der Waals surface area contributed by atoms with Gasteiger partial charge >= 0.3 is 17.9 Å². The fourth-order valence-electron chi connectivity index (χ4n) is 1.48. The molecule has 0 aliphatic carbocycles. The monoisotopic (exact) mass is 310 g/mol. The highest BCUT2D eigenvalue weighted by atomic mass is 16.6. The Morgan fingerprint density at radius 2 is 1.95 bits per heavy atom. The van der Waals surface area contributed by atoms with Crippen molar-refractivity contribution in [1.29, 1.82) is 0 Å². The van der Waals surface area contributed by atoms with Gasteiger partial charge in [-0.3, -0.25) is 4.79 Å². The number of phenolic OH excluding ortho intramolecular Hbond substituents is 1. The molecule has 8 nitrogen and oxygen atoms in total. The van der Waals surface area contributed by atoms with Gasteiger partial charge in [-0.25, -0.2) is 9.59 Å².